The molecule has 0 atom stereocenters. The van der Waals surface area contributed by atoms with Crippen molar-refractivity contribution < 1.29 is 14.3 Å². The Kier molecular flexibility index (Phi) is 3.03. The molecule has 7 heteroatoms. The smallest absolute Gasteiger partial charge is 0.357 e. The number of methoxy groups -OCH3 is 1. The zero-order valence-electron chi connectivity index (χ0n) is 10.4. The number of nitrogens with zero attached hydrogens (tertiary/aromatic N) is 2. The summed E-state index contributed by atoms with van der Waals surface area (Å²) in [7, 11) is 1.27. The summed E-state index contributed by atoms with van der Waals surface area (Å²) in [5.41, 5.74) is 1.94. The average molecular weight is 287 g/mol. The van der Waals surface area contributed by atoms with Gasteiger partial charge in [0, 0.05) is 17.8 Å². The van der Waals surface area contributed by atoms with Gasteiger partial charge in [0.15, 0.2) is 10.7 Å². The maximum absolute atomic E-state index is 12.4. The molecule has 3 aromatic heterocycles. The van der Waals surface area contributed by atoms with E-state index in [9.17, 15) is 9.59 Å². The van der Waals surface area contributed by atoms with Gasteiger partial charge in [0.05, 0.1) is 23.7 Å². The zero-order valence-corrected chi connectivity index (χ0v) is 11.2. The number of esters is 1. The number of aromatic nitrogens is 3. The standard InChI is InChI=1S/C13H9N3O3S/c1-19-13(18)9-6-20-12(16-9)11(17)7-5-15-8-3-2-4-14-10(7)8/h2-6,15H,1H3. The molecule has 0 radical (unpaired) electrons. The Bertz CT molecular complexity index is 806. The first-order chi connectivity index (χ1) is 9.70. The van der Waals surface area contributed by atoms with Gasteiger partial charge in [-0.2, -0.15) is 0 Å². The Morgan fingerprint density at radius 1 is 1.40 bits per heavy atom. The van der Waals surface area contributed by atoms with E-state index in [0.717, 1.165) is 16.9 Å². The number of carbonyl (C=O) groups is 2. The van der Waals surface area contributed by atoms with Crippen LogP contribution >= 0.6 is 11.3 Å². The molecule has 1 N–H and O–H groups in total. The molecule has 0 aliphatic carbocycles. The number of thiazole rings is 1. The SMILES string of the molecule is COC(=O)c1csc(C(=O)c2c[nH]c3cccnc23)n1. The molecule has 20 heavy (non-hydrogen) atoms. The summed E-state index contributed by atoms with van der Waals surface area (Å²) in [6.45, 7) is 0. The molecule has 3 aromatic rings. The van der Waals surface area contributed by atoms with Gasteiger partial charge in [-0.25, -0.2) is 9.78 Å². The van der Waals surface area contributed by atoms with E-state index < -0.39 is 5.97 Å². The number of hydrogen-bond acceptors (Lipinski definition) is 6. The predicted molar refractivity (Wildman–Crippen MR) is 73.0 cm³/mol. The van der Waals surface area contributed by atoms with Crippen molar-refractivity contribution in [3.8, 4) is 0 Å². The largest absolute Gasteiger partial charge is 0.464 e. The molecule has 0 unspecified atom stereocenters. The summed E-state index contributed by atoms with van der Waals surface area (Å²) in [5, 5.41) is 1.73. The van der Waals surface area contributed by atoms with Crippen molar-refractivity contribution in [2.45, 2.75) is 0 Å². The van der Waals surface area contributed by atoms with Gasteiger partial charge >= 0.3 is 5.97 Å². The van der Waals surface area contributed by atoms with E-state index >= 15 is 0 Å². The molecule has 6 nitrogen and oxygen atoms in total. The maximum atomic E-state index is 12.4. The highest BCUT2D eigenvalue weighted by molar-refractivity contribution is 7.12. The van der Waals surface area contributed by atoms with Crippen LogP contribution in [-0.2, 0) is 4.74 Å². The van der Waals surface area contributed by atoms with Crippen LogP contribution < -0.4 is 0 Å². The van der Waals surface area contributed by atoms with Gasteiger partial charge in [-0.3, -0.25) is 9.78 Å². The van der Waals surface area contributed by atoms with Crippen molar-refractivity contribution in [1.29, 1.82) is 0 Å². The zero-order chi connectivity index (χ0) is 14.1. The number of rotatable bonds is 3. The lowest BCUT2D eigenvalue weighted by Gasteiger charge is -1.94. The van der Waals surface area contributed by atoms with Crippen molar-refractivity contribution in [3.63, 3.8) is 0 Å². The van der Waals surface area contributed by atoms with Crippen molar-refractivity contribution in [3.05, 3.63) is 46.2 Å². The van der Waals surface area contributed by atoms with Gasteiger partial charge in [-0.1, -0.05) is 0 Å². The Hall–Kier alpha value is -2.54. The van der Waals surface area contributed by atoms with Crippen LogP contribution in [0.5, 0.6) is 0 Å². The highest BCUT2D eigenvalue weighted by Gasteiger charge is 2.20. The Morgan fingerprint density at radius 3 is 3.05 bits per heavy atom. The lowest BCUT2D eigenvalue weighted by molar-refractivity contribution is 0.0595. The van der Waals surface area contributed by atoms with Gasteiger partial charge in [-0.05, 0) is 12.1 Å². The number of aromatic amines is 1. The van der Waals surface area contributed by atoms with E-state index in [1.807, 2.05) is 6.07 Å². The molecular weight excluding hydrogens is 278 g/mol. The van der Waals surface area contributed by atoms with Gasteiger partial charge in [-0.15, -0.1) is 11.3 Å². The van der Waals surface area contributed by atoms with Crippen molar-refractivity contribution in [2.75, 3.05) is 7.11 Å². The second-order valence-electron chi connectivity index (χ2n) is 3.96. The Balaban J connectivity index is 2.00. The lowest BCUT2D eigenvalue weighted by atomic mass is 10.2. The molecule has 0 aromatic carbocycles. The number of ketones is 1. The predicted octanol–water partition coefficient (Wildman–Crippen LogP) is 2.04. The fourth-order valence-corrected chi connectivity index (χ4v) is 2.56. The summed E-state index contributed by atoms with van der Waals surface area (Å²) < 4.78 is 4.57. The van der Waals surface area contributed by atoms with Crippen LogP contribution in [0.25, 0.3) is 11.0 Å². The first-order valence-electron chi connectivity index (χ1n) is 5.71. The molecule has 3 rings (SSSR count). The number of nitrogens with one attached hydrogen (secondary N) is 1. The molecule has 3 heterocycles. The quantitative estimate of drug-likeness (QED) is 0.588. The third-order valence-electron chi connectivity index (χ3n) is 2.77. The first kappa shape index (κ1) is 12.5. The van der Waals surface area contributed by atoms with Gasteiger partial charge < -0.3 is 9.72 Å². The Labute approximate surface area is 117 Å². The van der Waals surface area contributed by atoms with E-state index in [1.165, 1.54) is 12.5 Å². The number of carbonyl (C=O) groups excluding carboxylic acids is 2. The van der Waals surface area contributed by atoms with Crippen LogP contribution in [-0.4, -0.2) is 33.8 Å². The molecule has 0 saturated heterocycles. The van der Waals surface area contributed by atoms with E-state index in [4.69, 9.17) is 0 Å². The molecular formula is C13H9N3O3S. The van der Waals surface area contributed by atoms with E-state index in [1.54, 1.807) is 18.5 Å². The van der Waals surface area contributed by atoms with E-state index in [0.29, 0.717) is 11.1 Å². The third kappa shape index (κ3) is 1.97. The minimum atomic E-state index is -0.558. The van der Waals surface area contributed by atoms with Crippen molar-refractivity contribution in [1.82, 2.24) is 15.0 Å². The normalized spacial score (nSPS) is 10.7. The molecule has 0 aliphatic rings. The molecule has 0 saturated carbocycles. The van der Waals surface area contributed by atoms with Gasteiger partial charge in [0.25, 0.3) is 0 Å². The molecule has 0 spiro atoms. The maximum Gasteiger partial charge on any atom is 0.357 e. The topological polar surface area (TPSA) is 84.9 Å². The van der Waals surface area contributed by atoms with Crippen LogP contribution in [0.2, 0.25) is 0 Å². The molecule has 0 amide bonds. The molecule has 0 bridgehead atoms. The third-order valence-corrected chi connectivity index (χ3v) is 3.61. The summed E-state index contributed by atoms with van der Waals surface area (Å²) in [6, 6.07) is 3.62. The fraction of sp³-hybridized carbons (Fsp3) is 0.0769. The van der Waals surface area contributed by atoms with Gasteiger partial charge in [0.2, 0.25) is 5.78 Å². The monoisotopic (exact) mass is 287 g/mol. The second kappa shape index (κ2) is 4.86. The highest BCUT2D eigenvalue weighted by atomic mass is 32.1. The number of hydrogen-bond donors (Lipinski definition) is 1. The van der Waals surface area contributed by atoms with Crippen LogP contribution in [0, 0.1) is 0 Å². The Morgan fingerprint density at radius 2 is 2.25 bits per heavy atom. The number of fused-ring (bicyclic) bond motifs is 1. The van der Waals surface area contributed by atoms with Crippen LogP contribution in [0.4, 0.5) is 0 Å². The fourth-order valence-electron chi connectivity index (χ4n) is 1.82. The van der Waals surface area contributed by atoms with E-state index in [-0.39, 0.29) is 16.5 Å². The summed E-state index contributed by atoms with van der Waals surface area (Å²) in [5.74, 6) is -0.826. The highest BCUT2D eigenvalue weighted by Crippen LogP contribution is 2.21. The van der Waals surface area contributed by atoms with Crippen LogP contribution in [0.1, 0.15) is 25.9 Å². The number of pyridine rings is 1. The van der Waals surface area contributed by atoms with Gasteiger partial charge in [0.1, 0.15) is 0 Å². The number of H-pyrrole nitrogens is 1. The minimum Gasteiger partial charge on any atom is -0.464 e. The second-order valence-corrected chi connectivity index (χ2v) is 4.82. The van der Waals surface area contributed by atoms with Crippen molar-refractivity contribution in [2.24, 2.45) is 0 Å². The average Bonchev–Trinajstić information content (AvgIpc) is 3.12. The molecule has 100 valence electrons. The van der Waals surface area contributed by atoms with Crippen LogP contribution in [0.15, 0.2) is 29.9 Å². The number of ether oxygens (including phenoxy) is 1. The summed E-state index contributed by atoms with van der Waals surface area (Å²) in [4.78, 5) is 34.9. The van der Waals surface area contributed by atoms with Crippen LogP contribution in [0.3, 0.4) is 0 Å². The van der Waals surface area contributed by atoms with E-state index in [2.05, 4.69) is 19.7 Å². The lowest BCUT2D eigenvalue weighted by Crippen LogP contribution is -2.04. The summed E-state index contributed by atoms with van der Waals surface area (Å²) >= 11 is 1.10. The molecule has 0 fully saturated rings. The van der Waals surface area contributed by atoms with Crippen molar-refractivity contribution >= 4 is 34.1 Å². The minimum absolute atomic E-state index is 0.133. The molecule has 0 aliphatic heterocycles. The summed E-state index contributed by atoms with van der Waals surface area (Å²) in [6.07, 6.45) is 3.22. The first-order valence-corrected chi connectivity index (χ1v) is 6.59.